The molecule has 4 rings (SSSR count). The first-order valence-electron chi connectivity index (χ1n) is 9.75. The Morgan fingerprint density at radius 2 is 2.03 bits per heavy atom. The Labute approximate surface area is 173 Å². The number of likely N-dealkylation sites (tertiary alicyclic amines) is 1. The highest BCUT2D eigenvalue weighted by Crippen LogP contribution is 2.32. The molecule has 1 atom stereocenters. The Kier molecular flexibility index (Phi) is 5.89. The summed E-state index contributed by atoms with van der Waals surface area (Å²) in [6.07, 6.45) is 5.98. The van der Waals surface area contributed by atoms with Crippen LogP contribution in [-0.2, 0) is 4.74 Å². The van der Waals surface area contributed by atoms with Gasteiger partial charge in [0.05, 0.1) is 16.6 Å². The molecule has 0 aromatic carbocycles. The van der Waals surface area contributed by atoms with Crippen LogP contribution in [-0.4, -0.2) is 63.4 Å². The van der Waals surface area contributed by atoms with Crippen LogP contribution in [0.25, 0.3) is 0 Å². The third kappa shape index (κ3) is 4.31. The Bertz CT molecular complexity index is 921. The number of halogens is 1. The molecule has 0 bridgehead atoms. The largest absolute Gasteiger partial charge is 0.381 e. The molecule has 1 unspecified atom stereocenters. The van der Waals surface area contributed by atoms with E-state index in [0.29, 0.717) is 29.9 Å². The summed E-state index contributed by atoms with van der Waals surface area (Å²) in [6.45, 7) is 4.95. The second-order valence-electron chi connectivity index (χ2n) is 7.48. The molecule has 0 aliphatic carbocycles. The van der Waals surface area contributed by atoms with Crippen LogP contribution < -0.4 is 10.9 Å². The number of nitrogens with one attached hydrogen (secondary N) is 3. The fraction of sp³-hybridized carbons (Fsp3) is 0.526. The number of rotatable bonds is 6. The van der Waals surface area contributed by atoms with E-state index in [0.717, 1.165) is 38.0 Å². The summed E-state index contributed by atoms with van der Waals surface area (Å²) in [6, 6.07) is 0.122. The predicted molar refractivity (Wildman–Crippen MR) is 110 cm³/mol. The molecule has 4 heterocycles. The standard InChI is InChI=1S/C19H24ClN7O2/c1-11(27-9-12(10-27)17-22-7-13(20)8-23-17)16-25-18(15(6-21)19(28)26-16)24-14-2-4-29-5-3-14/h6-8,11-12,14,21H,2-5,9-10H2,1H3,(H2,24,25,26,28). The SMILES string of the molecule is CC(c1nc(NC2CCOCC2)c(C=N)c(=O)[nH]1)N1CC(c2ncc(Cl)cn2)C1. The minimum absolute atomic E-state index is 0.0683. The molecule has 3 N–H and O–H groups in total. The zero-order valence-corrected chi connectivity index (χ0v) is 16.9. The van der Waals surface area contributed by atoms with Crippen LogP contribution in [0.15, 0.2) is 17.2 Å². The van der Waals surface area contributed by atoms with E-state index in [1.807, 2.05) is 6.92 Å². The molecule has 10 heteroatoms. The van der Waals surface area contributed by atoms with Crippen molar-refractivity contribution < 1.29 is 4.74 Å². The number of hydrogen-bond acceptors (Lipinski definition) is 8. The quantitative estimate of drug-likeness (QED) is 0.614. The van der Waals surface area contributed by atoms with Crippen molar-refractivity contribution in [3.05, 3.63) is 45.0 Å². The van der Waals surface area contributed by atoms with E-state index < -0.39 is 0 Å². The normalized spacial score (nSPS) is 19.5. The monoisotopic (exact) mass is 417 g/mol. The van der Waals surface area contributed by atoms with Crippen molar-refractivity contribution in [2.24, 2.45) is 0 Å². The zero-order valence-electron chi connectivity index (χ0n) is 16.2. The minimum Gasteiger partial charge on any atom is -0.381 e. The van der Waals surface area contributed by atoms with E-state index in [4.69, 9.17) is 21.7 Å². The maximum absolute atomic E-state index is 12.5. The lowest BCUT2D eigenvalue weighted by atomic mass is 9.96. The number of anilines is 1. The molecule has 2 aromatic heterocycles. The maximum atomic E-state index is 12.5. The number of hydrogen-bond donors (Lipinski definition) is 3. The first-order chi connectivity index (χ1) is 14.0. The molecule has 2 aliphatic rings. The van der Waals surface area contributed by atoms with Gasteiger partial charge in [0, 0.05) is 56.9 Å². The van der Waals surface area contributed by atoms with Gasteiger partial charge in [0.1, 0.15) is 17.5 Å². The lowest BCUT2D eigenvalue weighted by Gasteiger charge is -2.41. The second-order valence-corrected chi connectivity index (χ2v) is 7.91. The third-order valence-corrected chi connectivity index (χ3v) is 5.73. The smallest absolute Gasteiger partial charge is 0.261 e. The van der Waals surface area contributed by atoms with E-state index in [1.165, 1.54) is 0 Å². The maximum Gasteiger partial charge on any atom is 0.261 e. The molecule has 0 spiro atoms. The molecule has 29 heavy (non-hydrogen) atoms. The average molecular weight is 418 g/mol. The Morgan fingerprint density at radius 3 is 2.69 bits per heavy atom. The van der Waals surface area contributed by atoms with Gasteiger partial charge in [-0.3, -0.25) is 9.69 Å². The number of aromatic nitrogens is 4. The van der Waals surface area contributed by atoms with E-state index >= 15 is 0 Å². The number of aromatic amines is 1. The van der Waals surface area contributed by atoms with Gasteiger partial charge in [-0.2, -0.15) is 0 Å². The molecular formula is C19H24ClN7O2. The molecule has 9 nitrogen and oxygen atoms in total. The molecule has 2 saturated heterocycles. The van der Waals surface area contributed by atoms with E-state index in [9.17, 15) is 4.79 Å². The Hall–Kier alpha value is -2.36. The number of H-pyrrole nitrogens is 1. The fourth-order valence-electron chi connectivity index (χ4n) is 3.68. The van der Waals surface area contributed by atoms with Crippen molar-refractivity contribution in [1.29, 1.82) is 5.41 Å². The molecule has 0 radical (unpaired) electrons. The van der Waals surface area contributed by atoms with Crippen molar-refractivity contribution in [1.82, 2.24) is 24.8 Å². The highest BCUT2D eigenvalue weighted by atomic mass is 35.5. The summed E-state index contributed by atoms with van der Waals surface area (Å²) in [5.41, 5.74) is -0.0481. The van der Waals surface area contributed by atoms with Crippen LogP contribution in [0.5, 0.6) is 0 Å². The molecule has 0 amide bonds. The van der Waals surface area contributed by atoms with Crippen LogP contribution in [0.3, 0.4) is 0 Å². The summed E-state index contributed by atoms with van der Waals surface area (Å²) in [4.78, 5) is 30.8. The van der Waals surface area contributed by atoms with Gasteiger partial charge in [-0.25, -0.2) is 15.0 Å². The van der Waals surface area contributed by atoms with Crippen LogP contribution in [0, 0.1) is 5.41 Å². The van der Waals surface area contributed by atoms with Gasteiger partial charge in [0.2, 0.25) is 0 Å². The van der Waals surface area contributed by atoms with Crippen molar-refractivity contribution in [3.63, 3.8) is 0 Å². The fourth-order valence-corrected chi connectivity index (χ4v) is 3.77. The van der Waals surface area contributed by atoms with Crippen LogP contribution in [0.4, 0.5) is 5.82 Å². The lowest BCUT2D eigenvalue weighted by Crippen LogP contribution is -2.47. The predicted octanol–water partition coefficient (Wildman–Crippen LogP) is 1.96. The van der Waals surface area contributed by atoms with Crippen LogP contribution >= 0.6 is 11.6 Å². The van der Waals surface area contributed by atoms with Gasteiger partial charge in [-0.05, 0) is 19.8 Å². The topological polar surface area (TPSA) is 120 Å². The van der Waals surface area contributed by atoms with Gasteiger partial charge in [-0.15, -0.1) is 0 Å². The van der Waals surface area contributed by atoms with Crippen molar-refractivity contribution >= 4 is 23.6 Å². The molecule has 2 aromatic rings. The summed E-state index contributed by atoms with van der Waals surface area (Å²) in [7, 11) is 0. The first kappa shape index (κ1) is 19.9. The zero-order chi connectivity index (χ0) is 20.4. The Morgan fingerprint density at radius 1 is 1.34 bits per heavy atom. The van der Waals surface area contributed by atoms with Gasteiger partial charge < -0.3 is 20.4 Å². The second kappa shape index (κ2) is 8.56. The first-order valence-corrected chi connectivity index (χ1v) is 10.1. The van der Waals surface area contributed by atoms with E-state index in [1.54, 1.807) is 12.4 Å². The molecule has 2 aliphatic heterocycles. The van der Waals surface area contributed by atoms with Crippen LogP contribution in [0.2, 0.25) is 5.02 Å². The summed E-state index contributed by atoms with van der Waals surface area (Å²) in [5, 5.41) is 11.5. The molecule has 0 saturated carbocycles. The molecule has 154 valence electrons. The summed E-state index contributed by atoms with van der Waals surface area (Å²) < 4.78 is 5.39. The number of nitrogens with zero attached hydrogens (tertiary/aromatic N) is 4. The highest BCUT2D eigenvalue weighted by molar-refractivity contribution is 6.30. The molecular weight excluding hydrogens is 394 g/mol. The van der Waals surface area contributed by atoms with Gasteiger partial charge in [-0.1, -0.05) is 11.6 Å². The lowest BCUT2D eigenvalue weighted by molar-refractivity contribution is 0.0897. The number of ether oxygens (including phenoxy) is 1. The van der Waals surface area contributed by atoms with Gasteiger partial charge in [0.15, 0.2) is 0 Å². The van der Waals surface area contributed by atoms with Crippen molar-refractivity contribution in [2.75, 3.05) is 31.6 Å². The van der Waals surface area contributed by atoms with Crippen molar-refractivity contribution in [3.8, 4) is 0 Å². The van der Waals surface area contributed by atoms with Crippen LogP contribution in [0.1, 0.15) is 48.9 Å². The van der Waals surface area contributed by atoms with Crippen molar-refractivity contribution in [2.45, 2.75) is 37.8 Å². The van der Waals surface area contributed by atoms with Gasteiger partial charge in [0.25, 0.3) is 5.56 Å². The summed E-state index contributed by atoms with van der Waals surface area (Å²) in [5.74, 6) is 2.07. The Balaban J connectivity index is 1.48. The minimum atomic E-state index is -0.301. The van der Waals surface area contributed by atoms with E-state index in [2.05, 4.69) is 30.2 Å². The third-order valence-electron chi connectivity index (χ3n) is 5.54. The van der Waals surface area contributed by atoms with E-state index in [-0.39, 0.29) is 29.1 Å². The summed E-state index contributed by atoms with van der Waals surface area (Å²) >= 11 is 5.85. The van der Waals surface area contributed by atoms with Gasteiger partial charge >= 0.3 is 0 Å². The average Bonchev–Trinajstić information content (AvgIpc) is 2.69. The molecule has 2 fully saturated rings. The highest BCUT2D eigenvalue weighted by Gasteiger charge is 2.35.